The van der Waals surface area contributed by atoms with E-state index in [0.717, 1.165) is 0 Å². The van der Waals surface area contributed by atoms with Crippen LogP contribution in [0.2, 0.25) is 0 Å². The van der Waals surface area contributed by atoms with Crippen LogP contribution in [0.3, 0.4) is 0 Å². The highest BCUT2D eigenvalue weighted by Crippen LogP contribution is 2.37. The van der Waals surface area contributed by atoms with Crippen LogP contribution in [0.15, 0.2) is 25.3 Å². The van der Waals surface area contributed by atoms with Gasteiger partial charge in [0.2, 0.25) is 0 Å². The third-order valence-electron chi connectivity index (χ3n) is 3.75. The van der Waals surface area contributed by atoms with Gasteiger partial charge in [0.05, 0.1) is 37.4 Å². The molecule has 2 saturated heterocycles. The second-order valence-electron chi connectivity index (χ2n) is 4.92. The van der Waals surface area contributed by atoms with Crippen LogP contribution >= 0.6 is 0 Å². The van der Waals surface area contributed by atoms with E-state index in [1.54, 1.807) is 12.2 Å². The summed E-state index contributed by atoms with van der Waals surface area (Å²) in [5.41, 5.74) is 0. The number of aliphatic hydroxyl groups is 1. The quantitative estimate of drug-likeness (QED) is 0.719. The molecule has 4 heteroatoms. The first-order valence-corrected chi connectivity index (χ1v) is 6.34. The Morgan fingerprint density at radius 3 is 2.67 bits per heavy atom. The van der Waals surface area contributed by atoms with E-state index in [2.05, 4.69) is 13.2 Å². The van der Waals surface area contributed by atoms with Gasteiger partial charge < -0.3 is 14.6 Å². The molecule has 0 radical (unpaired) electrons. The second kappa shape index (κ2) is 5.78. The zero-order chi connectivity index (χ0) is 13.1. The normalized spacial score (nSPS) is 36.1. The van der Waals surface area contributed by atoms with Gasteiger partial charge in [-0.1, -0.05) is 12.2 Å². The average Bonchev–Trinajstić information content (AvgIpc) is 2.89. The molecule has 1 N–H and O–H groups in total. The van der Waals surface area contributed by atoms with E-state index in [9.17, 15) is 9.90 Å². The fourth-order valence-electron chi connectivity index (χ4n) is 2.77. The zero-order valence-electron chi connectivity index (χ0n) is 10.5. The molecule has 0 aromatic heterocycles. The first-order chi connectivity index (χ1) is 8.69. The molecule has 2 aliphatic rings. The monoisotopic (exact) mass is 252 g/mol. The lowest BCUT2D eigenvalue weighted by Gasteiger charge is -2.20. The maximum Gasteiger partial charge on any atom is 0.144 e. The average molecular weight is 252 g/mol. The Morgan fingerprint density at radius 2 is 2.00 bits per heavy atom. The van der Waals surface area contributed by atoms with E-state index in [1.165, 1.54) is 0 Å². The minimum Gasteiger partial charge on any atom is -0.392 e. The van der Waals surface area contributed by atoms with Crippen molar-refractivity contribution >= 4 is 5.78 Å². The van der Waals surface area contributed by atoms with Crippen LogP contribution in [-0.4, -0.2) is 42.4 Å². The van der Waals surface area contributed by atoms with E-state index >= 15 is 0 Å². The van der Waals surface area contributed by atoms with Crippen LogP contribution in [0, 0.1) is 11.8 Å². The van der Waals surface area contributed by atoms with Crippen molar-refractivity contribution in [2.75, 3.05) is 13.2 Å². The second-order valence-corrected chi connectivity index (χ2v) is 4.92. The van der Waals surface area contributed by atoms with Crippen molar-refractivity contribution < 1.29 is 19.4 Å². The topological polar surface area (TPSA) is 55.8 Å². The summed E-state index contributed by atoms with van der Waals surface area (Å²) < 4.78 is 11.3. The van der Waals surface area contributed by atoms with Crippen LogP contribution in [-0.2, 0) is 14.3 Å². The molecule has 18 heavy (non-hydrogen) atoms. The molecule has 0 aromatic carbocycles. The van der Waals surface area contributed by atoms with Crippen LogP contribution in [0.1, 0.15) is 12.8 Å². The SMILES string of the molecule is C=CCC(=O)[C@@H]1CO[C@@H]2[C@@H]([C@H](O)CC=C)CO[C@@H]21. The van der Waals surface area contributed by atoms with Crippen molar-refractivity contribution in [3.8, 4) is 0 Å². The van der Waals surface area contributed by atoms with E-state index in [4.69, 9.17) is 9.47 Å². The highest BCUT2D eigenvalue weighted by molar-refractivity contribution is 5.83. The minimum absolute atomic E-state index is 0.0606. The fraction of sp³-hybridized carbons (Fsp3) is 0.643. The van der Waals surface area contributed by atoms with E-state index in [0.29, 0.717) is 26.1 Å². The van der Waals surface area contributed by atoms with Gasteiger partial charge in [0.1, 0.15) is 5.78 Å². The number of carbonyl (C=O) groups is 1. The molecule has 0 aliphatic carbocycles. The Kier molecular flexibility index (Phi) is 4.32. The Labute approximate surface area is 107 Å². The van der Waals surface area contributed by atoms with Crippen molar-refractivity contribution in [3.63, 3.8) is 0 Å². The molecule has 0 amide bonds. The third kappa shape index (κ3) is 2.41. The van der Waals surface area contributed by atoms with Gasteiger partial charge in [-0.15, -0.1) is 13.2 Å². The summed E-state index contributed by atoms with van der Waals surface area (Å²) in [5, 5.41) is 9.99. The van der Waals surface area contributed by atoms with Crippen LogP contribution in [0.25, 0.3) is 0 Å². The first-order valence-electron chi connectivity index (χ1n) is 6.34. The van der Waals surface area contributed by atoms with E-state index < -0.39 is 6.10 Å². The predicted octanol–water partition coefficient (Wildman–Crippen LogP) is 1.10. The third-order valence-corrected chi connectivity index (χ3v) is 3.75. The van der Waals surface area contributed by atoms with Gasteiger partial charge in [0, 0.05) is 12.3 Å². The lowest BCUT2D eigenvalue weighted by molar-refractivity contribution is -0.124. The summed E-state index contributed by atoms with van der Waals surface area (Å²) in [6, 6.07) is 0. The molecule has 4 nitrogen and oxygen atoms in total. The lowest BCUT2D eigenvalue weighted by atomic mass is 9.89. The number of aliphatic hydroxyl groups excluding tert-OH is 1. The molecule has 2 fully saturated rings. The molecule has 0 aromatic rings. The summed E-state index contributed by atoms with van der Waals surface area (Å²) in [6.07, 6.45) is 3.28. The number of hydrogen-bond donors (Lipinski definition) is 1. The number of carbonyl (C=O) groups excluding carboxylic acids is 1. The Balaban J connectivity index is 2.00. The maximum absolute atomic E-state index is 11.9. The van der Waals surface area contributed by atoms with Crippen molar-refractivity contribution in [2.24, 2.45) is 11.8 Å². The van der Waals surface area contributed by atoms with Gasteiger partial charge in [-0.05, 0) is 6.42 Å². The fourth-order valence-corrected chi connectivity index (χ4v) is 2.77. The van der Waals surface area contributed by atoms with Gasteiger partial charge in [0.15, 0.2) is 0 Å². The first kappa shape index (κ1) is 13.5. The number of Topliss-reactive ketones (excluding diaryl/α,β-unsaturated/α-hetero) is 1. The smallest absolute Gasteiger partial charge is 0.144 e. The molecule has 2 rings (SSSR count). The zero-order valence-corrected chi connectivity index (χ0v) is 10.5. The van der Waals surface area contributed by atoms with Crippen LogP contribution < -0.4 is 0 Å². The largest absolute Gasteiger partial charge is 0.392 e. The number of ether oxygens (including phenoxy) is 2. The Hall–Kier alpha value is -0.970. The summed E-state index contributed by atoms with van der Waals surface area (Å²) >= 11 is 0. The number of hydrogen-bond acceptors (Lipinski definition) is 4. The molecule has 5 atom stereocenters. The van der Waals surface area contributed by atoms with Crippen molar-refractivity contribution in [3.05, 3.63) is 25.3 Å². The molecule has 2 aliphatic heterocycles. The number of allylic oxidation sites excluding steroid dienone is 1. The van der Waals surface area contributed by atoms with Crippen molar-refractivity contribution in [2.45, 2.75) is 31.2 Å². The van der Waals surface area contributed by atoms with Gasteiger partial charge in [-0.2, -0.15) is 0 Å². The minimum atomic E-state index is -0.509. The Morgan fingerprint density at radius 1 is 1.28 bits per heavy atom. The molecular formula is C14H20O4. The molecule has 0 spiro atoms. The van der Waals surface area contributed by atoms with Gasteiger partial charge >= 0.3 is 0 Å². The standard InChI is InChI=1S/C14H20O4/c1-3-5-11(15)9-7-17-14-10(8-18-13(9)14)12(16)6-4-2/h3-4,9-11,13-15H,1-2,5-8H2/t9-,10+,11-,13-,14-/m1/s1. The summed E-state index contributed by atoms with van der Waals surface area (Å²) in [6.45, 7) is 8.02. The van der Waals surface area contributed by atoms with Crippen LogP contribution in [0.4, 0.5) is 0 Å². The highest BCUT2D eigenvalue weighted by atomic mass is 16.6. The molecule has 0 bridgehead atoms. The Bertz CT molecular complexity index is 339. The lowest BCUT2D eigenvalue weighted by Crippen LogP contribution is -2.34. The van der Waals surface area contributed by atoms with Crippen molar-refractivity contribution in [1.29, 1.82) is 0 Å². The van der Waals surface area contributed by atoms with E-state index in [1.807, 2.05) is 0 Å². The van der Waals surface area contributed by atoms with E-state index in [-0.39, 0.29) is 29.8 Å². The number of rotatable bonds is 6. The predicted molar refractivity (Wildman–Crippen MR) is 67.1 cm³/mol. The van der Waals surface area contributed by atoms with Crippen molar-refractivity contribution in [1.82, 2.24) is 0 Å². The molecule has 0 unspecified atom stereocenters. The maximum atomic E-state index is 11.9. The van der Waals surface area contributed by atoms with Gasteiger partial charge in [-0.3, -0.25) is 4.79 Å². The van der Waals surface area contributed by atoms with Gasteiger partial charge in [-0.25, -0.2) is 0 Å². The molecule has 2 heterocycles. The molecule has 0 saturated carbocycles. The number of ketones is 1. The van der Waals surface area contributed by atoms with Crippen LogP contribution in [0.5, 0.6) is 0 Å². The number of fused-ring (bicyclic) bond motifs is 1. The van der Waals surface area contributed by atoms with Gasteiger partial charge in [0.25, 0.3) is 0 Å². The highest BCUT2D eigenvalue weighted by Gasteiger charge is 2.51. The summed E-state index contributed by atoms with van der Waals surface area (Å²) in [4.78, 5) is 11.9. The molecular weight excluding hydrogens is 232 g/mol. The summed E-state index contributed by atoms with van der Waals surface area (Å²) in [5.74, 6) is -0.167. The molecule has 100 valence electrons. The summed E-state index contributed by atoms with van der Waals surface area (Å²) in [7, 11) is 0.